The van der Waals surface area contributed by atoms with E-state index >= 15 is 0 Å². The van der Waals surface area contributed by atoms with Crippen LogP contribution in [0, 0.1) is 5.82 Å². The van der Waals surface area contributed by atoms with Crippen molar-refractivity contribution in [1.82, 2.24) is 10.1 Å². The largest absolute Gasteiger partial charge is 0.507 e. The molecule has 1 fully saturated rings. The van der Waals surface area contributed by atoms with Gasteiger partial charge in [-0.2, -0.15) is 4.98 Å². The molecular formula is C15H17FN2O3. The highest BCUT2D eigenvalue weighted by Gasteiger charge is 2.41. The van der Waals surface area contributed by atoms with E-state index in [2.05, 4.69) is 10.1 Å². The minimum atomic E-state index is -0.516. The zero-order valence-corrected chi connectivity index (χ0v) is 11.8. The molecule has 0 unspecified atom stereocenters. The van der Waals surface area contributed by atoms with E-state index in [1.807, 2.05) is 6.92 Å². The van der Waals surface area contributed by atoms with Gasteiger partial charge in [0.1, 0.15) is 17.2 Å². The highest BCUT2D eigenvalue weighted by Crippen LogP contribution is 2.41. The second-order valence-electron chi connectivity index (χ2n) is 5.22. The molecule has 21 heavy (non-hydrogen) atoms. The third-order valence-electron chi connectivity index (χ3n) is 3.86. The number of halogens is 1. The maximum absolute atomic E-state index is 13.0. The van der Waals surface area contributed by atoms with Crippen molar-refractivity contribution in [2.24, 2.45) is 0 Å². The van der Waals surface area contributed by atoms with Crippen molar-refractivity contribution in [3.63, 3.8) is 0 Å². The fourth-order valence-electron chi connectivity index (χ4n) is 2.86. The molecule has 2 aromatic rings. The number of aromatic nitrogens is 2. The van der Waals surface area contributed by atoms with Crippen LogP contribution in [0.25, 0.3) is 11.5 Å². The first kappa shape index (κ1) is 14.0. The van der Waals surface area contributed by atoms with Gasteiger partial charge in [0.2, 0.25) is 5.82 Å². The normalized spacial score (nSPS) is 17.2. The number of phenols is 1. The molecule has 3 rings (SSSR count). The van der Waals surface area contributed by atoms with E-state index in [0.29, 0.717) is 18.0 Å². The molecule has 1 aromatic carbocycles. The lowest BCUT2D eigenvalue weighted by atomic mass is 10.0. The van der Waals surface area contributed by atoms with Crippen molar-refractivity contribution in [3.8, 4) is 17.2 Å². The monoisotopic (exact) mass is 292 g/mol. The molecule has 0 radical (unpaired) electrons. The van der Waals surface area contributed by atoms with E-state index in [1.165, 1.54) is 12.1 Å². The Bertz CT molecular complexity index is 636. The fourth-order valence-corrected chi connectivity index (χ4v) is 2.86. The van der Waals surface area contributed by atoms with E-state index in [9.17, 15) is 9.50 Å². The summed E-state index contributed by atoms with van der Waals surface area (Å²) in [5.41, 5.74) is -0.175. The Morgan fingerprint density at radius 2 is 2.14 bits per heavy atom. The molecule has 1 aliphatic carbocycles. The molecule has 1 N–H and O–H groups in total. The molecule has 0 amide bonds. The van der Waals surface area contributed by atoms with Crippen LogP contribution in [0.4, 0.5) is 4.39 Å². The minimum Gasteiger partial charge on any atom is -0.507 e. The Morgan fingerprint density at radius 3 is 2.81 bits per heavy atom. The predicted octanol–water partition coefficient (Wildman–Crippen LogP) is 3.39. The Labute approximate surface area is 121 Å². The number of ether oxygens (including phenoxy) is 1. The van der Waals surface area contributed by atoms with Gasteiger partial charge in [0.25, 0.3) is 5.89 Å². The van der Waals surface area contributed by atoms with Gasteiger partial charge in [0.15, 0.2) is 0 Å². The molecule has 1 saturated carbocycles. The van der Waals surface area contributed by atoms with Crippen molar-refractivity contribution in [1.29, 1.82) is 0 Å². The van der Waals surface area contributed by atoms with Crippen LogP contribution in [0.2, 0.25) is 0 Å². The van der Waals surface area contributed by atoms with Gasteiger partial charge in [-0.1, -0.05) is 5.16 Å². The van der Waals surface area contributed by atoms with Gasteiger partial charge in [-0.25, -0.2) is 4.39 Å². The molecule has 5 nitrogen and oxygen atoms in total. The van der Waals surface area contributed by atoms with Crippen molar-refractivity contribution in [3.05, 3.63) is 29.8 Å². The summed E-state index contributed by atoms with van der Waals surface area (Å²) in [6.07, 6.45) is 3.84. The standard InChI is InChI=1S/C15H17FN2O3/c1-2-20-15(7-3-4-8-15)14-17-13(21-18-14)11-6-5-10(16)9-12(11)19/h5-6,9,19H,2-4,7-8H2,1H3. The molecule has 0 aliphatic heterocycles. The summed E-state index contributed by atoms with van der Waals surface area (Å²) in [5.74, 6) is -0.0614. The predicted molar refractivity (Wildman–Crippen MR) is 73.1 cm³/mol. The van der Waals surface area contributed by atoms with Crippen LogP contribution in [0.15, 0.2) is 22.7 Å². The topological polar surface area (TPSA) is 68.4 Å². The number of hydrogen-bond donors (Lipinski definition) is 1. The number of nitrogens with zero attached hydrogens (tertiary/aromatic N) is 2. The zero-order chi connectivity index (χ0) is 14.9. The Hall–Kier alpha value is -1.95. The number of rotatable bonds is 4. The first-order valence-electron chi connectivity index (χ1n) is 7.12. The maximum atomic E-state index is 13.0. The lowest BCUT2D eigenvalue weighted by Crippen LogP contribution is -2.27. The summed E-state index contributed by atoms with van der Waals surface area (Å²) < 4.78 is 24.1. The first-order chi connectivity index (χ1) is 10.1. The highest BCUT2D eigenvalue weighted by atomic mass is 19.1. The van der Waals surface area contributed by atoms with E-state index in [0.717, 1.165) is 31.7 Å². The molecule has 0 spiro atoms. The SMILES string of the molecule is CCOC1(c2noc(-c3ccc(F)cc3O)n2)CCCC1. The summed E-state index contributed by atoms with van der Waals surface area (Å²) in [5, 5.41) is 13.8. The van der Waals surface area contributed by atoms with E-state index in [-0.39, 0.29) is 11.6 Å². The van der Waals surface area contributed by atoms with Gasteiger partial charge in [-0.3, -0.25) is 0 Å². The van der Waals surface area contributed by atoms with E-state index < -0.39 is 11.4 Å². The quantitative estimate of drug-likeness (QED) is 0.935. The third kappa shape index (κ3) is 2.51. The Kier molecular flexibility index (Phi) is 3.63. The van der Waals surface area contributed by atoms with Gasteiger partial charge >= 0.3 is 0 Å². The molecule has 112 valence electrons. The summed E-state index contributed by atoms with van der Waals surface area (Å²) in [7, 11) is 0. The van der Waals surface area contributed by atoms with Gasteiger partial charge in [0.05, 0.1) is 5.56 Å². The minimum absolute atomic E-state index is 0.175. The summed E-state index contributed by atoms with van der Waals surface area (Å²) >= 11 is 0. The number of aromatic hydroxyl groups is 1. The Balaban J connectivity index is 1.95. The van der Waals surface area contributed by atoms with Crippen LogP contribution in [-0.2, 0) is 10.3 Å². The molecule has 1 aliphatic rings. The van der Waals surface area contributed by atoms with Crippen LogP contribution in [0.3, 0.4) is 0 Å². The van der Waals surface area contributed by atoms with Gasteiger partial charge in [-0.15, -0.1) is 0 Å². The molecule has 0 saturated heterocycles. The van der Waals surface area contributed by atoms with Crippen LogP contribution in [-0.4, -0.2) is 21.9 Å². The smallest absolute Gasteiger partial charge is 0.261 e. The van der Waals surface area contributed by atoms with Crippen LogP contribution >= 0.6 is 0 Å². The highest BCUT2D eigenvalue weighted by molar-refractivity contribution is 5.61. The summed E-state index contributed by atoms with van der Waals surface area (Å²) in [4.78, 5) is 4.36. The second kappa shape index (κ2) is 5.44. The summed E-state index contributed by atoms with van der Waals surface area (Å²) in [6, 6.07) is 3.68. The molecular weight excluding hydrogens is 275 g/mol. The fraction of sp³-hybridized carbons (Fsp3) is 0.467. The van der Waals surface area contributed by atoms with Gasteiger partial charge in [-0.05, 0) is 44.7 Å². The average Bonchev–Trinajstić information content (AvgIpc) is 3.08. The van der Waals surface area contributed by atoms with E-state index in [4.69, 9.17) is 9.26 Å². The Morgan fingerprint density at radius 1 is 1.38 bits per heavy atom. The maximum Gasteiger partial charge on any atom is 0.261 e. The van der Waals surface area contributed by atoms with Gasteiger partial charge < -0.3 is 14.4 Å². The molecule has 1 aromatic heterocycles. The first-order valence-corrected chi connectivity index (χ1v) is 7.12. The third-order valence-corrected chi connectivity index (χ3v) is 3.86. The molecule has 1 heterocycles. The van der Waals surface area contributed by atoms with Gasteiger partial charge in [0, 0.05) is 12.7 Å². The zero-order valence-electron chi connectivity index (χ0n) is 11.8. The number of hydrogen-bond acceptors (Lipinski definition) is 5. The summed E-state index contributed by atoms with van der Waals surface area (Å²) in [6.45, 7) is 2.51. The van der Waals surface area contributed by atoms with Crippen LogP contribution in [0.1, 0.15) is 38.4 Å². The average molecular weight is 292 g/mol. The van der Waals surface area contributed by atoms with Crippen molar-refractivity contribution in [2.75, 3.05) is 6.61 Å². The van der Waals surface area contributed by atoms with E-state index in [1.54, 1.807) is 0 Å². The van der Waals surface area contributed by atoms with Crippen molar-refractivity contribution < 1.29 is 18.8 Å². The molecule has 0 atom stereocenters. The number of phenolic OH excluding ortho intramolecular Hbond substituents is 1. The van der Waals surface area contributed by atoms with Crippen molar-refractivity contribution in [2.45, 2.75) is 38.2 Å². The van der Waals surface area contributed by atoms with Crippen molar-refractivity contribution >= 4 is 0 Å². The lowest BCUT2D eigenvalue weighted by Gasteiger charge is -2.24. The second-order valence-corrected chi connectivity index (χ2v) is 5.22. The molecule has 0 bridgehead atoms. The lowest BCUT2D eigenvalue weighted by molar-refractivity contribution is -0.0469. The van der Waals surface area contributed by atoms with Crippen LogP contribution < -0.4 is 0 Å². The molecule has 6 heteroatoms. The number of benzene rings is 1. The van der Waals surface area contributed by atoms with Crippen LogP contribution in [0.5, 0.6) is 5.75 Å².